The van der Waals surface area contributed by atoms with Crippen LogP contribution >= 0.6 is 0 Å². The molecule has 0 aliphatic rings. The molecular weight excluding hydrogens is 124 g/mol. The van der Waals surface area contributed by atoms with Gasteiger partial charge in [-0.2, -0.15) is 0 Å². The van der Waals surface area contributed by atoms with Crippen molar-refractivity contribution in [1.29, 1.82) is 0 Å². The van der Waals surface area contributed by atoms with E-state index in [4.69, 9.17) is 0 Å². The molecule has 0 aliphatic heterocycles. The van der Waals surface area contributed by atoms with Gasteiger partial charge in [-0.1, -0.05) is 12.1 Å². The molecule has 4 N–H and O–H groups in total. The van der Waals surface area contributed by atoms with Crippen LogP contribution in [-0.4, -0.2) is 4.98 Å². The number of H-pyrrole nitrogens is 1. The first-order valence-electron chi connectivity index (χ1n) is 3.26. The van der Waals surface area contributed by atoms with Gasteiger partial charge < -0.3 is 10.7 Å². The molecule has 0 atom stereocenters. The van der Waals surface area contributed by atoms with Crippen LogP contribution in [-0.2, 0) is 0 Å². The molecular formula is C8H9N2+. The van der Waals surface area contributed by atoms with E-state index in [2.05, 4.69) is 16.8 Å². The van der Waals surface area contributed by atoms with Crippen molar-refractivity contribution in [2.75, 3.05) is 0 Å². The van der Waals surface area contributed by atoms with Gasteiger partial charge in [-0.15, -0.1) is 0 Å². The highest BCUT2D eigenvalue weighted by molar-refractivity contribution is 5.88. The van der Waals surface area contributed by atoms with E-state index in [9.17, 15) is 0 Å². The van der Waals surface area contributed by atoms with Gasteiger partial charge in [0.2, 0.25) is 0 Å². The molecule has 10 heavy (non-hydrogen) atoms. The molecule has 1 aromatic carbocycles. The number of quaternary nitrogens is 1. The van der Waals surface area contributed by atoms with Gasteiger partial charge in [0.15, 0.2) is 5.69 Å². The second kappa shape index (κ2) is 1.85. The Kier molecular flexibility index (Phi) is 1.02. The first-order chi connectivity index (χ1) is 4.88. The van der Waals surface area contributed by atoms with Crippen LogP contribution in [0.5, 0.6) is 0 Å². The van der Waals surface area contributed by atoms with E-state index in [0.717, 1.165) is 11.2 Å². The summed E-state index contributed by atoms with van der Waals surface area (Å²) in [5.41, 5.74) is 6.10. The number of hydrogen-bond acceptors (Lipinski definition) is 0. The van der Waals surface area contributed by atoms with Gasteiger partial charge in [-0.3, -0.25) is 0 Å². The van der Waals surface area contributed by atoms with Crippen molar-refractivity contribution in [3.05, 3.63) is 30.5 Å². The van der Waals surface area contributed by atoms with Gasteiger partial charge in [0.1, 0.15) is 0 Å². The van der Waals surface area contributed by atoms with E-state index in [1.165, 1.54) is 5.39 Å². The Labute approximate surface area is 58.7 Å². The summed E-state index contributed by atoms with van der Waals surface area (Å²) in [6.07, 6.45) is 1.92. The number of hydrogen-bond donors (Lipinski definition) is 2. The maximum atomic E-state index is 3.88. The Morgan fingerprint density at radius 1 is 1.20 bits per heavy atom. The van der Waals surface area contributed by atoms with Crippen molar-refractivity contribution in [2.45, 2.75) is 0 Å². The molecule has 1 heterocycles. The lowest BCUT2D eigenvalue weighted by atomic mass is 10.2. The molecule has 0 aliphatic carbocycles. The zero-order valence-corrected chi connectivity index (χ0v) is 5.59. The Bertz CT molecular complexity index is 349. The molecule has 2 aromatic rings. The topological polar surface area (TPSA) is 43.4 Å². The molecule has 0 saturated carbocycles. The maximum absolute atomic E-state index is 3.88. The third-order valence-electron chi connectivity index (χ3n) is 1.67. The Morgan fingerprint density at radius 2 is 2.00 bits per heavy atom. The van der Waals surface area contributed by atoms with Crippen molar-refractivity contribution in [3.8, 4) is 0 Å². The van der Waals surface area contributed by atoms with Crippen LogP contribution in [0.4, 0.5) is 5.69 Å². The lowest BCUT2D eigenvalue weighted by Crippen LogP contribution is -2.39. The fourth-order valence-corrected chi connectivity index (χ4v) is 1.13. The van der Waals surface area contributed by atoms with E-state index >= 15 is 0 Å². The van der Waals surface area contributed by atoms with E-state index in [-0.39, 0.29) is 0 Å². The van der Waals surface area contributed by atoms with Crippen LogP contribution in [0.1, 0.15) is 0 Å². The molecule has 1 aromatic heterocycles. The number of benzene rings is 1. The van der Waals surface area contributed by atoms with Crippen LogP contribution in [0, 0.1) is 0 Å². The number of aromatic amines is 1. The molecule has 0 bridgehead atoms. The SMILES string of the molecule is [NH3+]c1c[nH]c2ccccc12. The van der Waals surface area contributed by atoms with Gasteiger partial charge in [0, 0.05) is 0 Å². The summed E-state index contributed by atoms with van der Waals surface area (Å²) in [6.45, 7) is 0. The number of rotatable bonds is 0. The van der Waals surface area contributed by atoms with Crippen molar-refractivity contribution in [3.63, 3.8) is 0 Å². The van der Waals surface area contributed by atoms with E-state index in [1.54, 1.807) is 0 Å². The average molecular weight is 133 g/mol. The van der Waals surface area contributed by atoms with Gasteiger partial charge in [0.25, 0.3) is 0 Å². The minimum absolute atomic E-state index is 1.07. The van der Waals surface area contributed by atoms with E-state index in [1.807, 2.05) is 24.4 Å². The van der Waals surface area contributed by atoms with E-state index in [0.29, 0.717) is 0 Å². The third kappa shape index (κ3) is 0.627. The fourth-order valence-electron chi connectivity index (χ4n) is 1.13. The van der Waals surface area contributed by atoms with Gasteiger partial charge in [0.05, 0.1) is 17.1 Å². The largest absolute Gasteiger partial charge is 0.356 e. The predicted octanol–water partition coefficient (Wildman–Crippen LogP) is 1.04. The highest BCUT2D eigenvalue weighted by Gasteiger charge is 1.98. The first kappa shape index (κ1) is 5.50. The number of aromatic nitrogens is 1. The van der Waals surface area contributed by atoms with Gasteiger partial charge in [-0.25, -0.2) is 0 Å². The smallest absolute Gasteiger partial charge is 0.153 e. The summed E-state index contributed by atoms with van der Waals surface area (Å²) in [5.74, 6) is 0. The van der Waals surface area contributed by atoms with Crippen LogP contribution in [0.2, 0.25) is 0 Å². The van der Waals surface area contributed by atoms with Crippen LogP contribution in [0.15, 0.2) is 30.5 Å². The molecule has 0 spiro atoms. The summed E-state index contributed by atoms with van der Waals surface area (Å²) >= 11 is 0. The summed E-state index contributed by atoms with van der Waals surface area (Å²) < 4.78 is 0. The zero-order valence-electron chi connectivity index (χ0n) is 5.59. The number of fused-ring (bicyclic) bond motifs is 1. The molecule has 0 radical (unpaired) electrons. The summed E-state index contributed by atoms with van der Waals surface area (Å²) in [5, 5.41) is 1.21. The minimum Gasteiger partial charge on any atom is -0.356 e. The van der Waals surface area contributed by atoms with Crippen LogP contribution in [0.25, 0.3) is 10.9 Å². The van der Waals surface area contributed by atoms with E-state index < -0.39 is 0 Å². The molecule has 2 rings (SSSR count). The Balaban J connectivity index is 2.93. The third-order valence-corrected chi connectivity index (χ3v) is 1.67. The van der Waals surface area contributed by atoms with Crippen molar-refractivity contribution < 1.29 is 5.73 Å². The second-order valence-electron chi connectivity index (χ2n) is 2.36. The lowest BCUT2D eigenvalue weighted by Gasteiger charge is -1.84. The minimum atomic E-state index is 1.07. The molecule has 50 valence electrons. The lowest BCUT2D eigenvalue weighted by molar-refractivity contribution is -0.252. The quantitative estimate of drug-likeness (QED) is 0.539. The molecule has 2 nitrogen and oxygen atoms in total. The zero-order chi connectivity index (χ0) is 6.97. The normalized spacial score (nSPS) is 10.5. The summed E-state index contributed by atoms with van der Waals surface area (Å²) in [6, 6.07) is 8.14. The molecule has 0 amide bonds. The molecule has 0 fully saturated rings. The monoisotopic (exact) mass is 133 g/mol. The number of nitrogens with one attached hydrogen (secondary N) is 1. The fraction of sp³-hybridized carbons (Fsp3) is 0. The Hall–Kier alpha value is -1.28. The second-order valence-corrected chi connectivity index (χ2v) is 2.36. The standard InChI is InChI=1S/C8H8N2/c9-7-5-10-8-4-2-1-3-6(7)8/h1-5,10H,9H2/p+1. The molecule has 0 unspecified atom stereocenters. The van der Waals surface area contributed by atoms with Crippen molar-refractivity contribution in [1.82, 2.24) is 4.98 Å². The van der Waals surface area contributed by atoms with Gasteiger partial charge >= 0.3 is 0 Å². The molecule has 2 heteroatoms. The summed E-state index contributed by atoms with van der Waals surface area (Å²) in [7, 11) is 0. The van der Waals surface area contributed by atoms with Gasteiger partial charge in [-0.05, 0) is 12.1 Å². The average Bonchev–Trinajstić information content (AvgIpc) is 2.34. The Morgan fingerprint density at radius 3 is 2.80 bits per heavy atom. The summed E-state index contributed by atoms with van der Waals surface area (Å²) in [4.78, 5) is 3.13. The number of para-hydroxylation sites is 1. The van der Waals surface area contributed by atoms with Crippen LogP contribution < -0.4 is 5.73 Å². The highest BCUT2D eigenvalue weighted by Crippen LogP contribution is 2.16. The molecule has 0 saturated heterocycles. The van der Waals surface area contributed by atoms with Crippen LogP contribution in [0.3, 0.4) is 0 Å². The first-order valence-corrected chi connectivity index (χ1v) is 3.26. The highest BCUT2D eigenvalue weighted by atomic mass is 14.7. The van der Waals surface area contributed by atoms with Crippen molar-refractivity contribution >= 4 is 16.6 Å². The predicted molar refractivity (Wildman–Crippen MR) is 40.8 cm³/mol. The van der Waals surface area contributed by atoms with Crippen molar-refractivity contribution in [2.24, 2.45) is 0 Å². The maximum Gasteiger partial charge on any atom is 0.153 e.